The first-order chi connectivity index (χ1) is 12.8. The Bertz CT molecular complexity index is 885. The van der Waals surface area contributed by atoms with Gasteiger partial charge in [0.25, 0.3) is 0 Å². The van der Waals surface area contributed by atoms with Crippen LogP contribution < -0.4 is 4.74 Å². The highest BCUT2D eigenvalue weighted by Gasteiger charge is 2.31. The lowest BCUT2D eigenvalue weighted by Crippen LogP contribution is -2.38. The molecule has 1 aliphatic heterocycles. The summed E-state index contributed by atoms with van der Waals surface area (Å²) in [6, 6.07) is 9.99. The molecule has 26 heavy (non-hydrogen) atoms. The second-order valence-electron chi connectivity index (χ2n) is 6.10. The van der Waals surface area contributed by atoms with Crippen LogP contribution in [0.1, 0.15) is 12.8 Å². The van der Waals surface area contributed by atoms with Crippen molar-refractivity contribution in [1.82, 2.24) is 14.9 Å². The van der Waals surface area contributed by atoms with Gasteiger partial charge >= 0.3 is 0 Å². The van der Waals surface area contributed by atoms with Crippen molar-refractivity contribution in [3.8, 4) is 5.75 Å². The van der Waals surface area contributed by atoms with Gasteiger partial charge in [-0.2, -0.15) is 0 Å². The molecule has 1 amide bonds. The Balaban J connectivity index is 1.34. The molecule has 0 N–H and O–H groups in total. The van der Waals surface area contributed by atoms with Crippen molar-refractivity contribution in [2.24, 2.45) is 0 Å². The number of pyridine rings is 1. The standard InChI is InChI=1S/C19H19N3O2S2/c23-18-6-3-15(22(18)9-11-26-19-21-8-10-25-19)13-24-16-4-5-17-14(12-16)2-1-7-20-17/h1-2,4-5,7-8,10,12,15H,3,6,9,11,13H2/t15-/m1/s1. The number of aromatic nitrogens is 2. The molecule has 0 aliphatic carbocycles. The van der Waals surface area contributed by atoms with Crippen LogP contribution in [-0.2, 0) is 4.79 Å². The fraction of sp³-hybridized carbons (Fsp3) is 0.316. The molecule has 1 atom stereocenters. The predicted octanol–water partition coefficient (Wildman–Crippen LogP) is 3.85. The molecule has 3 aromatic rings. The zero-order chi connectivity index (χ0) is 17.8. The van der Waals surface area contributed by atoms with Crippen LogP contribution in [0.4, 0.5) is 0 Å². The highest BCUT2D eigenvalue weighted by molar-refractivity contribution is 8.01. The van der Waals surface area contributed by atoms with Crippen molar-refractivity contribution in [1.29, 1.82) is 0 Å². The third kappa shape index (κ3) is 3.99. The molecule has 1 aliphatic rings. The molecule has 1 fully saturated rings. The fourth-order valence-electron chi connectivity index (χ4n) is 3.12. The SMILES string of the molecule is O=C1CC[C@H](COc2ccc3ncccc3c2)N1CCSc1nccs1. The molecular weight excluding hydrogens is 366 g/mol. The maximum Gasteiger partial charge on any atom is 0.223 e. The average molecular weight is 386 g/mol. The Labute approximate surface area is 160 Å². The van der Waals surface area contributed by atoms with Crippen molar-refractivity contribution in [3.05, 3.63) is 48.1 Å². The van der Waals surface area contributed by atoms with E-state index in [1.807, 2.05) is 46.8 Å². The predicted molar refractivity (Wildman–Crippen MR) is 105 cm³/mol. The van der Waals surface area contributed by atoms with Crippen LogP contribution in [0.3, 0.4) is 0 Å². The van der Waals surface area contributed by atoms with Crippen LogP contribution in [0.15, 0.2) is 52.4 Å². The summed E-state index contributed by atoms with van der Waals surface area (Å²) in [6.07, 6.45) is 5.06. The third-order valence-electron chi connectivity index (χ3n) is 4.44. The summed E-state index contributed by atoms with van der Waals surface area (Å²) in [6.45, 7) is 1.26. The van der Waals surface area contributed by atoms with Crippen LogP contribution in [-0.4, -0.2) is 45.7 Å². The van der Waals surface area contributed by atoms with Crippen molar-refractivity contribution >= 4 is 39.9 Å². The summed E-state index contributed by atoms with van der Waals surface area (Å²) in [7, 11) is 0. The fourth-order valence-corrected chi connectivity index (χ4v) is 4.77. The van der Waals surface area contributed by atoms with Gasteiger partial charge in [-0.25, -0.2) is 4.98 Å². The highest BCUT2D eigenvalue weighted by atomic mass is 32.2. The summed E-state index contributed by atoms with van der Waals surface area (Å²) < 4.78 is 7.04. The van der Waals surface area contributed by atoms with Crippen LogP contribution >= 0.6 is 23.1 Å². The van der Waals surface area contributed by atoms with Crippen LogP contribution in [0.5, 0.6) is 5.75 Å². The lowest BCUT2D eigenvalue weighted by molar-refractivity contribution is -0.129. The quantitative estimate of drug-likeness (QED) is 0.578. The monoisotopic (exact) mass is 385 g/mol. The Morgan fingerprint density at radius 3 is 3.12 bits per heavy atom. The highest BCUT2D eigenvalue weighted by Crippen LogP contribution is 2.25. The number of carbonyl (C=O) groups excluding carboxylic acids is 1. The number of benzene rings is 1. The molecule has 0 spiro atoms. The second kappa shape index (κ2) is 8.05. The van der Waals surface area contributed by atoms with E-state index in [-0.39, 0.29) is 11.9 Å². The zero-order valence-corrected chi connectivity index (χ0v) is 15.8. The largest absolute Gasteiger partial charge is 0.491 e. The minimum Gasteiger partial charge on any atom is -0.491 e. The molecule has 4 rings (SSSR count). The Morgan fingerprint density at radius 1 is 1.27 bits per heavy atom. The van der Waals surface area contributed by atoms with Crippen LogP contribution in [0.2, 0.25) is 0 Å². The lowest BCUT2D eigenvalue weighted by Gasteiger charge is -2.24. The molecular formula is C19H19N3O2S2. The van der Waals surface area contributed by atoms with E-state index in [4.69, 9.17) is 4.74 Å². The summed E-state index contributed by atoms with van der Waals surface area (Å²) in [5.74, 6) is 1.90. The first-order valence-electron chi connectivity index (χ1n) is 8.59. The Morgan fingerprint density at radius 2 is 2.23 bits per heavy atom. The Hall–Kier alpha value is -2.12. The van der Waals surface area contributed by atoms with Crippen molar-refractivity contribution < 1.29 is 9.53 Å². The van der Waals surface area contributed by atoms with Crippen molar-refractivity contribution in [2.45, 2.75) is 23.2 Å². The zero-order valence-electron chi connectivity index (χ0n) is 14.2. The van der Waals surface area contributed by atoms with Gasteiger partial charge in [0.1, 0.15) is 16.7 Å². The number of thiazole rings is 1. The number of carbonyl (C=O) groups is 1. The number of ether oxygens (including phenoxy) is 1. The molecule has 3 heterocycles. The normalized spacial score (nSPS) is 17.2. The molecule has 134 valence electrons. The van der Waals surface area contributed by atoms with Gasteiger partial charge in [0.15, 0.2) is 0 Å². The molecule has 1 saturated heterocycles. The number of nitrogens with zero attached hydrogens (tertiary/aromatic N) is 3. The number of amides is 1. The van der Waals surface area contributed by atoms with Gasteiger partial charge < -0.3 is 9.64 Å². The van der Waals surface area contributed by atoms with Gasteiger partial charge in [-0.1, -0.05) is 17.8 Å². The minimum absolute atomic E-state index is 0.143. The van der Waals surface area contributed by atoms with Crippen molar-refractivity contribution in [2.75, 3.05) is 18.9 Å². The van der Waals surface area contributed by atoms with E-state index in [2.05, 4.69) is 9.97 Å². The number of thioether (sulfide) groups is 1. The maximum atomic E-state index is 12.2. The molecule has 1 aromatic carbocycles. The Kier molecular flexibility index (Phi) is 5.36. The molecule has 0 saturated carbocycles. The topological polar surface area (TPSA) is 55.3 Å². The molecule has 0 bridgehead atoms. The third-order valence-corrected chi connectivity index (χ3v) is 6.38. The van der Waals surface area contributed by atoms with Crippen LogP contribution in [0.25, 0.3) is 10.9 Å². The summed E-state index contributed by atoms with van der Waals surface area (Å²) in [5.41, 5.74) is 0.955. The minimum atomic E-state index is 0.143. The first-order valence-corrected chi connectivity index (χ1v) is 10.5. The number of rotatable bonds is 7. The van der Waals surface area contributed by atoms with E-state index in [0.29, 0.717) is 13.0 Å². The van der Waals surface area contributed by atoms with E-state index in [1.54, 1.807) is 29.3 Å². The lowest BCUT2D eigenvalue weighted by atomic mass is 10.2. The van der Waals surface area contributed by atoms with Gasteiger partial charge in [0, 0.05) is 41.9 Å². The van der Waals surface area contributed by atoms with E-state index in [0.717, 1.165) is 39.7 Å². The summed E-state index contributed by atoms with van der Waals surface area (Å²) in [4.78, 5) is 22.8. The van der Waals surface area contributed by atoms with Crippen LogP contribution in [0, 0.1) is 0 Å². The van der Waals surface area contributed by atoms with E-state index in [9.17, 15) is 4.79 Å². The molecule has 5 nitrogen and oxygen atoms in total. The maximum absolute atomic E-state index is 12.2. The average Bonchev–Trinajstić information content (AvgIpc) is 3.31. The van der Waals surface area contributed by atoms with E-state index in [1.165, 1.54) is 0 Å². The molecule has 0 unspecified atom stereocenters. The van der Waals surface area contributed by atoms with Crippen molar-refractivity contribution in [3.63, 3.8) is 0 Å². The number of hydrogen-bond donors (Lipinski definition) is 0. The molecule has 2 aromatic heterocycles. The molecule has 0 radical (unpaired) electrons. The first kappa shape index (κ1) is 17.3. The second-order valence-corrected chi connectivity index (χ2v) is 8.33. The van der Waals surface area contributed by atoms with Gasteiger partial charge in [0.2, 0.25) is 5.91 Å². The van der Waals surface area contributed by atoms with E-state index >= 15 is 0 Å². The number of fused-ring (bicyclic) bond motifs is 1. The van der Waals surface area contributed by atoms with Gasteiger partial charge in [-0.05, 0) is 30.7 Å². The van der Waals surface area contributed by atoms with Gasteiger partial charge in [-0.3, -0.25) is 9.78 Å². The number of likely N-dealkylation sites (tertiary alicyclic amines) is 1. The van der Waals surface area contributed by atoms with Gasteiger partial charge in [-0.15, -0.1) is 11.3 Å². The van der Waals surface area contributed by atoms with E-state index < -0.39 is 0 Å². The summed E-state index contributed by atoms with van der Waals surface area (Å²) >= 11 is 3.33. The smallest absolute Gasteiger partial charge is 0.223 e. The summed E-state index contributed by atoms with van der Waals surface area (Å²) in [5, 5.41) is 3.03. The number of hydrogen-bond acceptors (Lipinski definition) is 6. The van der Waals surface area contributed by atoms with Gasteiger partial charge in [0.05, 0.1) is 11.6 Å². The molecule has 7 heteroatoms.